The van der Waals surface area contributed by atoms with E-state index < -0.39 is 87.7 Å². The van der Waals surface area contributed by atoms with Crippen molar-refractivity contribution in [1.29, 1.82) is 0 Å². The van der Waals surface area contributed by atoms with Gasteiger partial charge >= 0.3 is 25.6 Å². The van der Waals surface area contributed by atoms with Gasteiger partial charge in [-0.15, -0.1) is 0 Å². The van der Waals surface area contributed by atoms with Crippen molar-refractivity contribution in [3.05, 3.63) is 33.1 Å². The molecule has 210 valence electrons. The molecule has 1 fully saturated rings. The van der Waals surface area contributed by atoms with Gasteiger partial charge in [0, 0.05) is 19.2 Å². The van der Waals surface area contributed by atoms with Gasteiger partial charge in [-0.2, -0.15) is 0 Å². The molecule has 0 spiro atoms. The van der Waals surface area contributed by atoms with Gasteiger partial charge in [0.2, 0.25) is 13.6 Å². The molecule has 0 amide bonds. The Kier molecular flexibility index (Phi) is 10.1. The van der Waals surface area contributed by atoms with Gasteiger partial charge in [0.05, 0.1) is 12.7 Å². The summed E-state index contributed by atoms with van der Waals surface area (Å²) in [5.74, 6) is -0.830. The zero-order chi connectivity index (χ0) is 28.0. The van der Waals surface area contributed by atoms with Gasteiger partial charge in [0.25, 0.3) is 5.56 Å². The molecule has 5 atom stereocenters. The lowest BCUT2D eigenvalue weighted by Gasteiger charge is -2.31. The molecular weight excluding hydrogens is 530 g/mol. The molecule has 2 heterocycles. The van der Waals surface area contributed by atoms with Crippen molar-refractivity contribution in [3.63, 3.8) is 0 Å². The Bertz CT molecular complexity index is 1120. The van der Waals surface area contributed by atoms with Crippen molar-refractivity contribution in [2.45, 2.75) is 57.3 Å². The van der Waals surface area contributed by atoms with Gasteiger partial charge in [-0.05, 0) is 20.8 Å². The first kappa shape index (κ1) is 30.6. The molecular formula is C19H28FN2O14P. The fraction of sp³-hybridized carbons (Fsp3) is 0.684. The quantitative estimate of drug-likeness (QED) is 0.176. The van der Waals surface area contributed by atoms with Crippen molar-refractivity contribution in [2.75, 3.05) is 26.9 Å². The number of aliphatic hydroxyl groups excluding tert-OH is 1. The number of ether oxygens (including phenoxy) is 4. The summed E-state index contributed by atoms with van der Waals surface area (Å²) in [6.45, 7) is 0.463. The van der Waals surface area contributed by atoms with Crippen LogP contribution in [0.15, 0.2) is 21.9 Å². The summed E-state index contributed by atoms with van der Waals surface area (Å²) in [7, 11) is -4.82. The van der Waals surface area contributed by atoms with Crippen molar-refractivity contribution >= 4 is 19.9 Å². The molecule has 16 nitrogen and oxygen atoms in total. The first-order valence-corrected chi connectivity index (χ1v) is 12.1. The van der Waals surface area contributed by atoms with E-state index in [-0.39, 0.29) is 0 Å². The first-order chi connectivity index (χ1) is 17.2. The zero-order valence-electron chi connectivity index (χ0n) is 20.3. The highest BCUT2D eigenvalue weighted by Gasteiger charge is 2.63. The van der Waals surface area contributed by atoms with Gasteiger partial charge in [-0.25, -0.2) is 27.6 Å². The predicted octanol–water partition coefficient (Wildman–Crippen LogP) is 0.0832. The Labute approximate surface area is 208 Å². The van der Waals surface area contributed by atoms with Crippen LogP contribution in [0.5, 0.6) is 0 Å². The Hall–Kier alpha value is -2.66. The number of aromatic nitrogens is 2. The molecule has 1 aliphatic heterocycles. The minimum Gasteiger partial charge on any atom is -0.438 e. The van der Waals surface area contributed by atoms with Gasteiger partial charge in [0.15, 0.2) is 11.8 Å². The molecule has 1 aromatic rings. The fourth-order valence-corrected chi connectivity index (χ4v) is 4.08. The molecule has 0 aliphatic carbocycles. The van der Waals surface area contributed by atoms with Crippen LogP contribution in [0.4, 0.5) is 9.18 Å². The van der Waals surface area contributed by atoms with E-state index >= 15 is 0 Å². The van der Waals surface area contributed by atoms with E-state index in [4.69, 9.17) is 23.0 Å². The number of nitrogens with one attached hydrogen (secondary N) is 1. The summed E-state index contributed by atoms with van der Waals surface area (Å²) in [5, 5.41) is 21.5. The number of halogens is 1. The molecule has 37 heavy (non-hydrogen) atoms. The van der Waals surface area contributed by atoms with E-state index in [2.05, 4.69) is 9.47 Å². The van der Waals surface area contributed by atoms with Crippen LogP contribution in [-0.4, -0.2) is 82.2 Å². The van der Waals surface area contributed by atoms with Crippen molar-refractivity contribution < 1.29 is 61.3 Å². The summed E-state index contributed by atoms with van der Waals surface area (Å²) in [6, 6.07) is 0.925. The van der Waals surface area contributed by atoms with Crippen LogP contribution < -0.4 is 11.2 Å². The van der Waals surface area contributed by atoms with Gasteiger partial charge in [-0.3, -0.25) is 23.7 Å². The number of hydrogen-bond donors (Lipinski definition) is 3. The highest BCUT2D eigenvalue weighted by Crippen LogP contribution is 2.52. The third-order valence-corrected chi connectivity index (χ3v) is 6.18. The summed E-state index contributed by atoms with van der Waals surface area (Å²) in [4.78, 5) is 48.0. The molecule has 3 N–H and O–H groups in total. The van der Waals surface area contributed by atoms with Crippen LogP contribution in [0, 0.1) is 0 Å². The standard InChI is InChI=1S/C19H28FN2O14P/c1-11(2)35-17(27)31-10-34-37(29,33-9-30-12(3)23)32-8-19(7-20)14(25)18(4,28)15(36-19)22-6-5-13(24)21-16(22)26/h5-6,11,14-15,25,28H,7-10H2,1-4H3,(H,21,24,26)/t14-,15+,18+,19+,37?/m0/s1. The molecule has 0 bridgehead atoms. The Morgan fingerprint density at radius 1 is 1.24 bits per heavy atom. The number of carbonyl (C=O) groups excluding carboxylic acids is 2. The molecule has 0 saturated carbocycles. The van der Waals surface area contributed by atoms with Crippen LogP contribution in [-0.2, 0) is 41.9 Å². The number of rotatable bonds is 12. The van der Waals surface area contributed by atoms with Gasteiger partial charge < -0.3 is 29.2 Å². The van der Waals surface area contributed by atoms with Crippen LogP contribution in [0.3, 0.4) is 0 Å². The Morgan fingerprint density at radius 3 is 2.41 bits per heavy atom. The summed E-state index contributed by atoms with van der Waals surface area (Å²) in [6.07, 6.45) is -4.61. The molecule has 1 saturated heterocycles. The molecule has 1 aliphatic rings. The zero-order valence-corrected chi connectivity index (χ0v) is 21.2. The predicted molar refractivity (Wildman–Crippen MR) is 117 cm³/mol. The second-order valence-electron chi connectivity index (χ2n) is 8.23. The second kappa shape index (κ2) is 12.3. The topological polar surface area (TPSA) is 211 Å². The summed E-state index contributed by atoms with van der Waals surface area (Å²) >= 11 is 0. The minimum absolute atomic E-state index is 0.545. The van der Waals surface area contributed by atoms with Gasteiger partial charge in [-0.1, -0.05) is 0 Å². The lowest BCUT2D eigenvalue weighted by Crippen LogP contribution is -2.53. The number of H-pyrrole nitrogens is 1. The number of aromatic amines is 1. The highest BCUT2D eigenvalue weighted by molar-refractivity contribution is 7.48. The molecule has 1 aromatic heterocycles. The van der Waals surface area contributed by atoms with Crippen LogP contribution in [0.25, 0.3) is 0 Å². The minimum atomic E-state index is -4.82. The van der Waals surface area contributed by atoms with Crippen molar-refractivity contribution in [1.82, 2.24) is 9.55 Å². The third-order valence-electron chi connectivity index (χ3n) is 4.89. The third kappa shape index (κ3) is 7.67. The van der Waals surface area contributed by atoms with Crippen molar-refractivity contribution in [2.24, 2.45) is 0 Å². The lowest BCUT2D eigenvalue weighted by molar-refractivity contribution is -0.152. The average molecular weight is 558 g/mol. The van der Waals surface area contributed by atoms with Crippen LogP contribution >= 0.6 is 7.82 Å². The Balaban J connectivity index is 2.23. The number of alkyl halides is 1. The lowest BCUT2D eigenvalue weighted by atomic mass is 9.88. The molecule has 0 aromatic carbocycles. The average Bonchev–Trinajstić information content (AvgIpc) is 2.98. The Morgan fingerprint density at radius 2 is 1.86 bits per heavy atom. The number of aliphatic hydroxyl groups is 2. The summed E-state index contributed by atoms with van der Waals surface area (Å²) < 4.78 is 61.9. The van der Waals surface area contributed by atoms with Crippen molar-refractivity contribution in [3.8, 4) is 0 Å². The van der Waals surface area contributed by atoms with E-state index in [1.807, 2.05) is 4.98 Å². The molecule has 18 heteroatoms. The largest absolute Gasteiger partial charge is 0.510 e. The number of carbonyl (C=O) groups is 2. The fourth-order valence-electron chi connectivity index (χ4n) is 3.12. The van der Waals surface area contributed by atoms with Crippen LogP contribution in [0.1, 0.15) is 33.9 Å². The normalized spacial score (nSPS) is 27.0. The van der Waals surface area contributed by atoms with Gasteiger partial charge in [0.1, 0.15) is 18.4 Å². The maximum Gasteiger partial charge on any atom is 0.510 e. The van der Waals surface area contributed by atoms with Crippen LogP contribution in [0.2, 0.25) is 0 Å². The first-order valence-electron chi connectivity index (χ1n) is 10.6. The van der Waals surface area contributed by atoms with E-state index in [0.29, 0.717) is 4.57 Å². The number of phosphoric acid groups is 1. The maximum atomic E-state index is 14.3. The number of nitrogens with zero attached hydrogens (tertiary/aromatic N) is 1. The second-order valence-corrected chi connectivity index (χ2v) is 9.89. The molecule has 0 radical (unpaired) electrons. The SMILES string of the molecule is CC(=O)OCOP(=O)(OCOC(=O)OC(C)C)OC[C@@]1(CF)O[C@@H](n2ccc(=O)[nH]c2=O)[C@](C)(O)[C@@H]1O. The number of esters is 1. The number of phosphoric ester groups is 1. The van der Waals surface area contributed by atoms with E-state index in [0.717, 1.165) is 26.1 Å². The number of hydrogen-bond acceptors (Lipinski definition) is 14. The summed E-state index contributed by atoms with van der Waals surface area (Å²) in [5.41, 5.74) is -6.57. The monoisotopic (exact) mass is 558 g/mol. The maximum absolute atomic E-state index is 14.3. The molecule has 2 rings (SSSR count). The molecule has 1 unspecified atom stereocenters. The van der Waals surface area contributed by atoms with E-state index in [1.54, 1.807) is 0 Å². The highest BCUT2D eigenvalue weighted by atomic mass is 31.2. The smallest absolute Gasteiger partial charge is 0.438 e. The van der Waals surface area contributed by atoms with E-state index in [9.17, 15) is 38.3 Å². The van der Waals surface area contributed by atoms with E-state index in [1.165, 1.54) is 13.8 Å².